The zero-order chi connectivity index (χ0) is 17.8. The highest BCUT2D eigenvalue weighted by atomic mass is 16.5. The van der Waals surface area contributed by atoms with E-state index in [0.717, 1.165) is 49.7 Å². The second kappa shape index (κ2) is 7.76. The van der Waals surface area contributed by atoms with E-state index in [-0.39, 0.29) is 11.9 Å². The first kappa shape index (κ1) is 17.6. The number of piperidine rings is 1. The number of hydrogen-bond donors (Lipinski definition) is 0. The fourth-order valence-electron chi connectivity index (χ4n) is 3.35. The Labute approximate surface area is 147 Å². The highest BCUT2D eigenvalue weighted by Crippen LogP contribution is 2.23. The van der Waals surface area contributed by atoms with E-state index in [0.29, 0.717) is 25.3 Å². The van der Waals surface area contributed by atoms with Gasteiger partial charge in [0.05, 0.1) is 6.04 Å². The van der Waals surface area contributed by atoms with Crippen LogP contribution in [0.3, 0.4) is 0 Å². The van der Waals surface area contributed by atoms with Crippen LogP contribution in [0.1, 0.15) is 62.0 Å². The number of carbonyl (C=O) groups excluding carboxylic acids is 1. The zero-order valence-electron chi connectivity index (χ0n) is 15.2. The second-order valence-corrected chi connectivity index (χ2v) is 6.60. The van der Waals surface area contributed by atoms with Gasteiger partial charge in [-0.3, -0.25) is 4.79 Å². The van der Waals surface area contributed by atoms with E-state index in [1.54, 1.807) is 0 Å². The van der Waals surface area contributed by atoms with Gasteiger partial charge in [-0.05, 0) is 33.1 Å². The van der Waals surface area contributed by atoms with Crippen LogP contribution in [-0.2, 0) is 17.6 Å². The summed E-state index contributed by atoms with van der Waals surface area (Å²) in [6, 6.07) is 0.224. The number of nitrogens with zero attached hydrogens (tertiary/aromatic N) is 6. The molecule has 1 atom stereocenters. The van der Waals surface area contributed by atoms with Gasteiger partial charge in [-0.1, -0.05) is 12.1 Å². The maximum absolute atomic E-state index is 12.5. The average Bonchev–Trinajstić information content (AvgIpc) is 3.20. The summed E-state index contributed by atoms with van der Waals surface area (Å²) >= 11 is 0. The van der Waals surface area contributed by atoms with Crippen LogP contribution in [0.25, 0.3) is 0 Å². The van der Waals surface area contributed by atoms with Gasteiger partial charge in [-0.25, -0.2) is 9.67 Å². The first-order valence-corrected chi connectivity index (χ1v) is 9.05. The fourth-order valence-corrected chi connectivity index (χ4v) is 3.35. The first-order valence-electron chi connectivity index (χ1n) is 9.05. The molecule has 0 N–H and O–H groups in total. The maximum atomic E-state index is 12.5. The molecule has 0 aliphatic carbocycles. The molecule has 3 rings (SSSR count). The van der Waals surface area contributed by atoms with E-state index < -0.39 is 0 Å². The standard InChI is InChI=1S/C17H26N6O2/c1-4-15-19-16(25-21-15)8-5-9-17(24)22-10-6-7-14(11-22)23-13(3)18-12(2)20-23/h14H,4-11H2,1-3H3/t14-/m1/s1. The molecular weight excluding hydrogens is 320 g/mol. The van der Waals surface area contributed by atoms with Gasteiger partial charge in [0.1, 0.15) is 11.6 Å². The maximum Gasteiger partial charge on any atom is 0.226 e. The Balaban J connectivity index is 1.50. The highest BCUT2D eigenvalue weighted by Gasteiger charge is 2.26. The molecule has 1 aliphatic rings. The Hall–Kier alpha value is -2.25. The summed E-state index contributed by atoms with van der Waals surface area (Å²) in [5, 5.41) is 8.36. The average molecular weight is 346 g/mol. The van der Waals surface area contributed by atoms with Crippen molar-refractivity contribution < 1.29 is 9.32 Å². The number of rotatable bonds is 6. The van der Waals surface area contributed by atoms with Crippen molar-refractivity contribution >= 4 is 5.91 Å². The monoisotopic (exact) mass is 346 g/mol. The van der Waals surface area contributed by atoms with Gasteiger partial charge < -0.3 is 9.42 Å². The van der Waals surface area contributed by atoms with E-state index >= 15 is 0 Å². The summed E-state index contributed by atoms with van der Waals surface area (Å²) in [4.78, 5) is 23.1. The van der Waals surface area contributed by atoms with Crippen LogP contribution in [0.2, 0.25) is 0 Å². The molecule has 2 aromatic rings. The van der Waals surface area contributed by atoms with Gasteiger partial charge in [0.15, 0.2) is 5.82 Å². The van der Waals surface area contributed by atoms with Crippen LogP contribution in [-0.4, -0.2) is 48.8 Å². The Kier molecular flexibility index (Phi) is 5.45. The molecule has 0 spiro atoms. The summed E-state index contributed by atoms with van der Waals surface area (Å²) in [6.07, 6.45) is 4.68. The predicted octanol–water partition coefficient (Wildman–Crippen LogP) is 2.03. The number of aryl methyl sites for hydroxylation is 4. The third-order valence-electron chi connectivity index (χ3n) is 4.61. The lowest BCUT2D eigenvalue weighted by Crippen LogP contribution is -2.41. The first-order chi connectivity index (χ1) is 12.1. The SMILES string of the molecule is CCc1noc(CCCC(=O)N2CCC[C@@H](n3nc(C)nc3C)C2)n1. The minimum Gasteiger partial charge on any atom is -0.341 e. The molecule has 25 heavy (non-hydrogen) atoms. The van der Waals surface area contributed by atoms with Crippen LogP contribution in [0.4, 0.5) is 0 Å². The predicted molar refractivity (Wildman–Crippen MR) is 91.0 cm³/mol. The number of amides is 1. The third kappa shape index (κ3) is 4.24. The number of hydrogen-bond acceptors (Lipinski definition) is 6. The summed E-state index contributed by atoms with van der Waals surface area (Å²) in [6.45, 7) is 7.39. The minimum atomic E-state index is 0.189. The van der Waals surface area contributed by atoms with Crippen LogP contribution in [0.5, 0.6) is 0 Å². The Morgan fingerprint density at radius 2 is 2.16 bits per heavy atom. The highest BCUT2D eigenvalue weighted by molar-refractivity contribution is 5.76. The van der Waals surface area contributed by atoms with Gasteiger partial charge in [0, 0.05) is 32.4 Å². The lowest BCUT2D eigenvalue weighted by molar-refractivity contribution is -0.133. The quantitative estimate of drug-likeness (QED) is 0.795. The van der Waals surface area contributed by atoms with Gasteiger partial charge in [-0.15, -0.1) is 0 Å². The van der Waals surface area contributed by atoms with Crippen molar-refractivity contribution in [1.82, 2.24) is 29.8 Å². The van der Waals surface area contributed by atoms with E-state index in [1.807, 2.05) is 30.4 Å². The van der Waals surface area contributed by atoms with Crippen molar-refractivity contribution in [2.45, 2.75) is 65.3 Å². The van der Waals surface area contributed by atoms with Crippen LogP contribution >= 0.6 is 0 Å². The lowest BCUT2D eigenvalue weighted by atomic mass is 10.0. The molecule has 1 aliphatic heterocycles. The number of carbonyl (C=O) groups is 1. The van der Waals surface area contributed by atoms with Gasteiger partial charge >= 0.3 is 0 Å². The Morgan fingerprint density at radius 3 is 2.84 bits per heavy atom. The molecule has 3 heterocycles. The smallest absolute Gasteiger partial charge is 0.226 e. The van der Waals surface area contributed by atoms with Crippen LogP contribution in [0, 0.1) is 13.8 Å². The molecule has 8 heteroatoms. The molecule has 2 aromatic heterocycles. The number of aromatic nitrogens is 5. The summed E-state index contributed by atoms with van der Waals surface area (Å²) in [5.74, 6) is 3.23. The van der Waals surface area contributed by atoms with Crippen LogP contribution in [0.15, 0.2) is 4.52 Å². The van der Waals surface area contributed by atoms with Crippen molar-refractivity contribution in [2.24, 2.45) is 0 Å². The second-order valence-electron chi connectivity index (χ2n) is 6.60. The molecule has 0 bridgehead atoms. The molecule has 1 saturated heterocycles. The van der Waals surface area contributed by atoms with Crippen molar-refractivity contribution in [2.75, 3.05) is 13.1 Å². The van der Waals surface area contributed by atoms with E-state index in [1.165, 1.54) is 0 Å². The molecule has 1 fully saturated rings. The van der Waals surface area contributed by atoms with E-state index in [2.05, 4.69) is 20.2 Å². The normalized spacial score (nSPS) is 17.9. The molecule has 1 amide bonds. The molecule has 0 saturated carbocycles. The fraction of sp³-hybridized carbons (Fsp3) is 0.706. The molecule has 136 valence electrons. The molecule has 0 aromatic carbocycles. The molecule has 0 radical (unpaired) electrons. The summed E-state index contributed by atoms with van der Waals surface area (Å²) < 4.78 is 7.14. The van der Waals surface area contributed by atoms with E-state index in [4.69, 9.17) is 4.52 Å². The molecule has 8 nitrogen and oxygen atoms in total. The lowest BCUT2D eigenvalue weighted by Gasteiger charge is -2.33. The topological polar surface area (TPSA) is 89.9 Å². The van der Waals surface area contributed by atoms with Crippen molar-refractivity contribution in [3.8, 4) is 0 Å². The van der Waals surface area contributed by atoms with Gasteiger partial charge in [0.25, 0.3) is 0 Å². The van der Waals surface area contributed by atoms with Crippen molar-refractivity contribution in [1.29, 1.82) is 0 Å². The Bertz CT molecular complexity index is 723. The number of likely N-dealkylation sites (tertiary alicyclic amines) is 1. The van der Waals surface area contributed by atoms with Crippen molar-refractivity contribution in [3.63, 3.8) is 0 Å². The molecule has 0 unspecified atom stereocenters. The van der Waals surface area contributed by atoms with Gasteiger partial charge in [-0.2, -0.15) is 10.1 Å². The largest absolute Gasteiger partial charge is 0.341 e. The third-order valence-corrected chi connectivity index (χ3v) is 4.61. The van der Waals surface area contributed by atoms with Crippen LogP contribution < -0.4 is 0 Å². The Morgan fingerprint density at radius 1 is 1.32 bits per heavy atom. The van der Waals surface area contributed by atoms with E-state index in [9.17, 15) is 4.79 Å². The summed E-state index contributed by atoms with van der Waals surface area (Å²) in [5.41, 5.74) is 0. The zero-order valence-corrected chi connectivity index (χ0v) is 15.2. The minimum absolute atomic E-state index is 0.189. The summed E-state index contributed by atoms with van der Waals surface area (Å²) in [7, 11) is 0. The van der Waals surface area contributed by atoms with Crippen molar-refractivity contribution in [3.05, 3.63) is 23.4 Å². The van der Waals surface area contributed by atoms with Gasteiger partial charge in [0.2, 0.25) is 11.8 Å². The molecular formula is C17H26N6O2.